The van der Waals surface area contributed by atoms with Crippen molar-refractivity contribution in [2.75, 3.05) is 32.2 Å². The first-order chi connectivity index (χ1) is 8.72. The van der Waals surface area contributed by atoms with E-state index in [9.17, 15) is 0 Å². The summed E-state index contributed by atoms with van der Waals surface area (Å²) in [6.45, 7) is 2.10. The van der Waals surface area contributed by atoms with Gasteiger partial charge in [0.1, 0.15) is 5.75 Å². The number of anilines is 1. The van der Waals surface area contributed by atoms with Gasteiger partial charge < -0.3 is 25.4 Å². The number of phenolic OH excluding ortho intramolecular Hbond substituents is 1. The maximum absolute atomic E-state index is 8.70. The SMILES string of the molecule is Nc1ccc(O)cc1.OCCO[C@H]1CCCOC1. The van der Waals surface area contributed by atoms with E-state index < -0.39 is 0 Å². The van der Waals surface area contributed by atoms with Crippen molar-refractivity contribution in [2.45, 2.75) is 18.9 Å². The molecule has 1 aromatic carbocycles. The highest BCUT2D eigenvalue weighted by atomic mass is 16.5. The van der Waals surface area contributed by atoms with Crippen LogP contribution in [0.2, 0.25) is 0 Å². The van der Waals surface area contributed by atoms with Crippen LogP contribution in [0.3, 0.4) is 0 Å². The molecule has 1 aliphatic heterocycles. The summed E-state index contributed by atoms with van der Waals surface area (Å²) in [5.41, 5.74) is 5.98. The largest absolute Gasteiger partial charge is 0.508 e. The highest BCUT2D eigenvalue weighted by Gasteiger charge is 2.12. The molecule has 0 aromatic heterocycles. The van der Waals surface area contributed by atoms with E-state index in [1.165, 1.54) is 0 Å². The number of nitrogens with two attached hydrogens (primary N) is 1. The van der Waals surface area contributed by atoms with Crippen molar-refractivity contribution in [1.82, 2.24) is 0 Å². The lowest BCUT2D eigenvalue weighted by atomic mass is 10.2. The zero-order valence-electron chi connectivity index (χ0n) is 10.4. The molecular weight excluding hydrogens is 234 g/mol. The molecule has 1 aliphatic rings. The van der Waals surface area contributed by atoms with Crippen molar-refractivity contribution < 1.29 is 19.7 Å². The number of benzene rings is 1. The fraction of sp³-hybridized carbons (Fsp3) is 0.538. The Labute approximate surface area is 107 Å². The van der Waals surface area contributed by atoms with Gasteiger partial charge in [0.2, 0.25) is 0 Å². The van der Waals surface area contributed by atoms with Crippen LogP contribution >= 0.6 is 0 Å². The predicted octanol–water partition coefficient (Wildman–Crippen LogP) is 1.15. The summed E-state index contributed by atoms with van der Waals surface area (Å²) in [5.74, 6) is 0.249. The Morgan fingerprint density at radius 2 is 2.06 bits per heavy atom. The van der Waals surface area contributed by atoms with Crippen LogP contribution in [-0.2, 0) is 9.47 Å². The van der Waals surface area contributed by atoms with Gasteiger partial charge in [-0.15, -0.1) is 0 Å². The van der Waals surface area contributed by atoms with Gasteiger partial charge in [0.25, 0.3) is 0 Å². The van der Waals surface area contributed by atoms with E-state index in [1.807, 2.05) is 0 Å². The summed E-state index contributed by atoms with van der Waals surface area (Å²) in [6.07, 6.45) is 2.37. The standard InChI is InChI=1S/C7H14O3.C6H7NO/c8-3-5-10-7-2-1-4-9-6-7;7-5-1-3-6(8)4-2-5/h7-8H,1-6H2;1-4,8H,7H2/t7-;/m0./s1. The average Bonchev–Trinajstić information content (AvgIpc) is 2.42. The lowest BCUT2D eigenvalue weighted by molar-refractivity contribution is -0.0577. The van der Waals surface area contributed by atoms with Gasteiger partial charge in [-0.2, -0.15) is 0 Å². The quantitative estimate of drug-likeness (QED) is 0.557. The van der Waals surface area contributed by atoms with Crippen LogP contribution < -0.4 is 5.73 Å². The Bertz CT molecular complexity index is 288. The molecule has 0 saturated carbocycles. The van der Waals surface area contributed by atoms with E-state index in [4.69, 9.17) is 25.4 Å². The number of aromatic hydroxyl groups is 1. The van der Waals surface area contributed by atoms with Crippen LogP contribution in [0.15, 0.2) is 24.3 Å². The second-order valence-corrected chi connectivity index (χ2v) is 4.03. The van der Waals surface area contributed by atoms with E-state index in [-0.39, 0.29) is 18.5 Å². The topological polar surface area (TPSA) is 84.9 Å². The fourth-order valence-electron chi connectivity index (χ4n) is 1.54. The highest BCUT2D eigenvalue weighted by Crippen LogP contribution is 2.09. The van der Waals surface area contributed by atoms with Gasteiger partial charge in [-0.05, 0) is 37.1 Å². The number of nitrogen functional groups attached to an aromatic ring is 1. The second-order valence-electron chi connectivity index (χ2n) is 4.03. The van der Waals surface area contributed by atoms with E-state index in [0.29, 0.717) is 18.9 Å². The molecule has 1 fully saturated rings. The number of hydrogen-bond acceptors (Lipinski definition) is 5. The van der Waals surface area contributed by atoms with Gasteiger partial charge in [0.15, 0.2) is 0 Å². The molecule has 0 radical (unpaired) electrons. The third kappa shape index (κ3) is 6.44. The number of rotatable bonds is 3. The van der Waals surface area contributed by atoms with Gasteiger partial charge in [-0.3, -0.25) is 0 Å². The molecule has 0 spiro atoms. The Balaban J connectivity index is 0.000000184. The van der Waals surface area contributed by atoms with Crippen molar-refractivity contribution in [1.29, 1.82) is 0 Å². The van der Waals surface area contributed by atoms with Crippen molar-refractivity contribution in [3.63, 3.8) is 0 Å². The molecule has 1 heterocycles. The van der Waals surface area contributed by atoms with Gasteiger partial charge in [-0.1, -0.05) is 0 Å². The summed E-state index contributed by atoms with van der Waals surface area (Å²) < 4.78 is 10.4. The summed E-state index contributed by atoms with van der Waals surface area (Å²) in [4.78, 5) is 0. The fourth-order valence-corrected chi connectivity index (χ4v) is 1.54. The number of ether oxygens (including phenoxy) is 2. The molecule has 102 valence electrons. The molecule has 1 saturated heterocycles. The first-order valence-corrected chi connectivity index (χ1v) is 6.07. The van der Waals surface area contributed by atoms with Crippen LogP contribution in [-0.4, -0.2) is 42.7 Å². The molecule has 5 heteroatoms. The number of hydrogen-bond donors (Lipinski definition) is 3. The zero-order chi connectivity index (χ0) is 13.2. The maximum Gasteiger partial charge on any atom is 0.115 e. The Kier molecular flexibility index (Phi) is 7.17. The molecule has 1 atom stereocenters. The Morgan fingerprint density at radius 3 is 2.56 bits per heavy atom. The summed E-state index contributed by atoms with van der Waals surface area (Å²) in [6, 6.07) is 6.40. The molecule has 4 N–H and O–H groups in total. The van der Waals surface area contributed by atoms with Crippen molar-refractivity contribution in [2.24, 2.45) is 0 Å². The molecule has 0 amide bonds. The minimum Gasteiger partial charge on any atom is -0.508 e. The van der Waals surface area contributed by atoms with Crippen LogP contribution in [0.1, 0.15) is 12.8 Å². The molecule has 0 aliphatic carbocycles. The number of aliphatic hydroxyl groups excluding tert-OH is 1. The summed E-state index contributed by atoms with van der Waals surface area (Å²) in [5, 5.41) is 17.1. The Hall–Kier alpha value is -1.30. The summed E-state index contributed by atoms with van der Waals surface area (Å²) >= 11 is 0. The molecular formula is C13H21NO4. The number of phenols is 1. The van der Waals surface area contributed by atoms with Crippen LogP contribution in [0, 0.1) is 0 Å². The molecule has 0 unspecified atom stereocenters. The third-order valence-electron chi connectivity index (χ3n) is 2.46. The van der Waals surface area contributed by atoms with Crippen molar-refractivity contribution in [3.05, 3.63) is 24.3 Å². The minimum absolute atomic E-state index is 0.108. The lowest BCUT2D eigenvalue weighted by Crippen LogP contribution is -2.26. The average molecular weight is 255 g/mol. The molecule has 2 rings (SSSR count). The monoisotopic (exact) mass is 255 g/mol. The maximum atomic E-state index is 8.70. The molecule has 1 aromatic rings. The Morgan fingerprint density at radius 1 is 1.33 bits per heavy atom. The van der Waals surface area contributed by atoms with Crippen LogP contribution in [0.25, 0.3) is 0 Å². The van der Waals surface area contributed by atoms with Gasteiger partial charge in [-0.25, -0.2) is 0 Å². The van der Waals surface area contributed by atoms with Gasteiger partial charge >= 0.3 is 0 Å². The van der Waals surface area contributed by atoms with Gasteiger partial charge in [0.05, 0.1) is 25.9 Å². The van der Waals surface area contributed by atoms with Crippen LogP contribution in [0.4, 0.5) is 5.69 Å². The molecule has 18 heavy (non-hydrogen) atoms. The first kappa shape index (κ1) is 14.8. The lowest BCUT2D eigenvalue weighted by Gasteiger charge is -2.21. The van der Waals surface area contributed by atoms with E-state index in [2.05, 4.69) is 0 Å². The first-order valence-electron chi connectivity index (χ1n) is 6.07. The zero-order valence-corrected chi connectivity index (χ0v) is 10.4. The van der Waals surface area contributed by atoms with Gasteiger partial charge in [0, 0.05) is 12.3 Å². The molecule has 5 nitrogen and oxygen atoms in total. The van der Waals surface area contributed by atoms with Crippen molar-refractivity contribution in [3.8, 4) is 5.75 Å². The normalized spacial score (nSPS) is 18.8. The second kappa shape index (κ2) is 8.74. The smallest absolute Gasteiger partial charge is 0.115 e. The highest BCUT2D eigenvalue weighted by molar-refractivity contribution is 5.40. The van der Waals surface area contributed by atoms with E-state index >= 15 is 0 Å². The summed E-state index contributed by atoms with van der Waals surface area (Å²) in [7, 11) is 0. The third-order valence-corrected chi connectivity index (χ3v) is 2.46. The van der Waals surface area contributed by atoms with E-state index in [1.54, 1.807) is 24.3 Å². The van der Waals surface area contributed by atoms with E-state index in [0.717, 1.165) is 19.4 Å². The predicted molar refractivity (Wildman–Crippen MR) is 69.4 cm³/mol. The molecule has 0 bridgehead atoms. The van der Waals surface area contributed by atoms with Crippen LogP contribution in [0.5, 0.6) is 5.75 Å². The van der Waals surface area contributed by atoms with Crippen molar-refractivity contribution >= 4 is 5.69 Å². The minimum atomic E-state index is 0.108. The number of aliphatic hydroxyl groups is 1.